The lowest BCUT2D eigenvalue weighted by atomic mass is 9.95. The van der Waals surface area contributed by atoms with Crippen LogP contribution in [0.15, 0.2) is 82.3 Å². The van der Waals surface area contributed by atoms with E-state index < -0.39 is 0 Å². The Morgan fingerprint density at radius 3 is 2.64 bits per heavy atom. The summed E-state index contributed by atoms with van der Waals surface area (Å²) < 4.78 is 20.2. The molecule has 5 rings (SSSR count). The molecule has 7 heteroatoms. The van der Waals surface area contributed by atoms with Crippen LogP contribution in [0.4, 0.5) is 15.1 Å². The summed E-state index contributed by atoms with van der Waals surface area (Å²) in [6, 6.07) is 21.4. The summed E-state index contributed by atoms with van der Waals surface area (Å²) in [7, 11) is 0. The molecule has 1 heterocycles. The molecule has 0 unspecified atom stereocenters. The summed E-state index contributed by atoms with van der Waals surface area (Å²) in [6.45, 7) is 0.306. The number of nitrogens with one attached hydrogen (secondary N) is 1. The summed E-state index contributed by atoms with van der Waals surface area (Å²) in [4.78, 5) is 19.4. The highest BCUT2D eigenvalue weighted by Crippen LogP contribution is 2.40. The molecule has 0 fully saturated rings. The maximum Gasteiger partial charge on any atom is 0.259 e. The van der Waals surface area contributed by atoms with Crippen molar-refractivity contribution in [3.63, 3.8) is 0 Å². The van der Waals surface area contributed by atoms with Crippen molar-refractivity contribution in [1.82, 2.24) is 0 Å². The van der Waals surface area contributed by atoms with Gasteiger partial charge in [-0.05, 0) is 79.3 Å². The Morgan fingerprint density at radius 2 is 1.83 bits per heavy atom. The van der Waals surface area contributed by atoms with Crippen LogP contribution in [0.3, 0.4) is 0 Å². The van der Waals surface area contributed by atoms with Crippen LogP contribution in [0.5, 0.6) is 5.75 Å². The van der Waals surface area contributed by atoms with Crippen LogP contribution in [-0.2, 0) is 19.4 Å². The second-order valence-corrected chi connectivity index (χ2v) is 10.6. The third kappa shape index (κ3) is 5.74. The van der Waals surface area contributed by atoms with E-state index in [1.807, 2.05) is 48.5 Å². The van der Waals surface area contributed by atoms with Gasteiger partial charge in [0, 0.05) is 26.8 Å². The van der Waals surface area contributed by atoms with Crippen LogP contribution in [0, 0.1) is 5.82 Å². The second-order valence-electron chi connectivity index (χ2n) is 8.57. The lowest BCUT2D eigenvalue weighted by Gasteiger charge is -2.13. The van der Waals surface area contributed by atoms with Crippen LogP contribution in [0.1, 0.15) is 44.8 Å². The van der Waals surface area contributed by atoms with Crippen molar-refractivity contribution < 1.29 is 13.9 Å². The van der Waals surface area contributed by atoms with Crippen LogP contribution < -0.4 is 10.1 Å². The smallest absolute Gasteiger partial charge is 0.259 e. The van der Waals surface area contributed by atoms with E-state index in [0.29, 0.717) is 22.9 Å². The number of aryl methyl sites for hydroxylation is 1. The maximum atomic E-state index is 13.3. The topological polar surface area (TPSA) is 50.7 Å². The fourth-order valence-electron chi connectivity index (χ4n) is 4.21. The molecule has 1 aliphatic rings. The molecule has 0 atom stereocenters. The van der Waals surface area contributed by atoms with Gasteiger partial charge in [-0.25, -0.2) is 9.38 Å². The number of nitrogens with zero attached hydrogens (tertiary/aromatic N) is 1. The third-order valence-electron chi connectivity index (χ3n) is 6.01. The number of para-hydroxylation sites is 1. The van der Waals surface area contributed by atoms with E-state index in [9.17, 15) is 9.18 Å². The summed E-state index contributed by atoms with van der Waals surface area (Å²) in [5.74, 6) is 0.249. The average Bonchev–Trinajstić information content (AvgIpc) is 3.27. The monoisotopic (exact) mass is 562 g/mol. The Bertz CT molecular complexity index is 1400. The number of anilines is 1. The number of hydrogen-bond acceptors (Lipinski definition) is 4. The molecule has 0 aliphatic heterocycles. The molecule has 0 spiro atoms. The quantitative estimate of drug-likeness (QED) is 0.231. The number of ether oxygens (including phenoxy) is 1. The first-order valence-corrected chi connectivity index (χ1v) is 13.4. The Balaban J connectivity index is 1.43. The van der Waals surface area contributed by atoms with E-state index >= 15 is 0 Å². The molecule has 1 amide bonds. The van der Waals surface area contributed by atoms with E-state index in [1.54, 1.807) is 29.7 Å². The van der Waals surface area contributed by atoms with Crippen LogP contribution in [0.2, 0.25) is 0 Å². The van der Waals surface area contributed by atoms with Crippen molar-refractivity contribution in [3.8, 4) is 5.75 Å². The van der Waals surface area contributed by atoms with E-state index in [4.69, 9.17) is 9.73 Å². The second kappa shape index (κ2) is 11.2. The molecule has 3 aromatic carbocycles. The summed E-state index contributed by atoms with van der Waals surface area (Å²) in [6.07, 6.45) is 5.82. The maximum absolute atomic E-state index is 13.3. The highest BCUT2D eigenvalue weighted by atomic mass is 79.9. The average molecular weight is 563 g/mol. The predicted octanol–water partition coefficient (Wildman–Crippen LogP) is 8.11. The molecule has 0 bridgehead atoms. The molecule has 182 valence electrons. The number of aliphatic imine (C=N–C) groups is 1. The van der Waals surface area contributed by atoms with E-state index in [1.165, 1.54) is 17.0 Å². The fraction of sp³-hybridized carbons (Fsp3) is 0.172. The first-order chi connectivity index (χ1) is 17.6. The minimum Gasteiger partial charge on any atom is -0.488 e. The standard InChI is InChI=1S/C29H24BrFN2O2S/c30-21-12-15-25(35-18-19-10-13-22(31)14-11-19)20(16-21)17-32-29-27(24-8-4-5-9-26(24)36-29)28(34)33-23-6-2-1-3-7-23/h1-3,6-7,10-17H,4-5,8-9,18H2,(H,33,34). The van der Waals surface area contributed by atoms with Gasteiger partial charge in [-0.3, -0.25) is 4.79 Å². The van der Waals surface area contributed by atoms with Crippen LogP contribution in [-0.4, -0.2) is 12.1 Å². The molecule has 36 heavy (non-hydrogen) atoms. The van der Waals surface area contributed by atoms with Gasteiger partial charge >= 0.3 is 0 Å². The molecule has 1 aromatic heterocycles. The fourth-order valence-corrected chi connectivity index (χ4v) is 5.82. The first-order valence-electron chi connectivity index (χ1n) is 11.8. The number of fused-ring (bicyclic) bond motifs is 1. The number of amides is 1. The van der Waals surface area contributed by atoms with Gasteiger partial charge in [-0.15, -0.1) is 11.3 Å². The molecule has 0 radical (unpaired) electrons. The zero-order chi connectivity index (χ0) is 24.9. The number of halogens is 2. The number of rotatable bonds is 7. The number of carbonyl (C=O) groups is 1. The van der Waals surface area contributed by atoms with Gasteiger partial charge < -0.3 is 10.1 Å². The van der Waals surface area contributed by atoms with Gasteiger partial charge in [0.1, 0.15) is 23.2 Å². The molecule has 1 aliphatic carbocycles. The molecule has 0 saturated carbocycles. The molecular weight excluding hydrogens is 539 g/mol. The van der Waals surface area contributed by atoms with Gasteiger partial charge in [0.2, 0.25) is 0 Å². The number of benzene rings is 3. The lowest BCUT2D eigenvalue weighted by molar-refractivity contribution is 0.102. The molecule has 1 N–H and O–H groups in total. The lowest BCUT2D eigenvalue weighted by Crippen LogP contribution is -2.14. The van der Waals surface area contributed by atoms with E-state index in [2.05, 4.69) is 21.2 Å². The van der Waals surface area contributed by atoms with Crippen molar-refractivity contribution >= 4 is 50.1 Å². The summed E-state index contributed by atoms with van der Waals surface area (Å²) in [5, 5.41) is 3.74. The minimum absolute atomic E-state index is 0.130. The highest BCUT2D eigenvalue weighted by Gasteiger charge is 2.25. The molecular formula is C29H24BrFN2O2S. The number of hydrogen-bond donors (Lipinski definition) is 1. The zero-order valence-electron chi connectivity index (χ0n) is 19.5. The van der Waals surface area contributed by atoms with Crippen molar-refractivity contribution in [2.24, 2.45) is 4.99 Å². The van der Waals surface area contributed by atoms with Crippen LogP contribution >= 0.6 is 27.3 Å². The Kier molecular flexibility index (Phi) is 7.58. The number of carbonyl (C=O) groups excluding carboxylic acids is 1. The predicted molar refractivity (Wildman–Crippen MR) is 147 cm³/mol. The normalized spacial score (nSPS) is 12.9. The zero-order valence-corrected chi connectivity index (χ0v) is 21.9. The summed E-state index contributed by atoms with van der Waals surface area (Å²) >= 11 is 5.12. The highest BCUT2D eigenvalue weighted by molar-refractivity contribution is 9.10. The Labute approximate surface area is 222 Å². The van der Waals surface area contributed by atoms with E-state index in [-0.39, 0.29) is 11.7 Å². The van der Waals surface area contributed by atoms with Gasteiger partial charge in [0.15, 0.2) is 0 Å². The van der Waals surface area contributed by atoms with Gasteiger partial charge in [-0.1, -0.05) is 46.3 Å². The van der Waals surface area contributed by atoms with Crippen molar-refractivity contribution in [2.45, 2.75) is 32.3 Å². The van der Waals surface area contributed by atoms with E-state index in [0.717, 1.165) is 52.5 Å². The first kappa shape index (κ1) is 24.4. The van der Waals surface area contributed by atoms with Crippen molar-refractivity contribution in [1.29, 1.82) is 0 Å². The summed E-state index contributed by atoms with van der Waals surface area (Å²) in [5.41, 5.74) is 4.20. The van der Waals surface area contributed by atoms with Gasteiger partial charge in [0.25, 0.3) is 5.91 Å². The number of thiophene rings is 1. The van der Waals surface area contributed by atoms with Crippen molar-refractivity contribution in [3.05, 3.63) is 110 Å². The van der Waals surface area contributed by atoms with Gasteiger partial charge in [0.05, 0.1) is 5.56 Å². The van der Waals surface area contributed by atoms with Crippen LogP contribution in [0.25, 0.3) is 0 Å². The largest absolute Gasteiger partial charge is 0.488 e. The minimum atomic E-state index is -0.277. The van der Waals surface area contributed by atoms with Crippen molar-refractivity contribution in [2.75, 3.05) is 5.32 Å². The molecule has 4 aromatic rings. The molecule has 0 saturated heterocycles. The van der Waals surface area contributed by atoms with Gasteiger partial charge in [-0.2, -0.15) is 0 Å². The SMILES string of the molecule is O=C(Nc1ccccc1)c1c(N=Cc2cc(Br)ccc2OCc2ccc(F)cc2)sc2c1CCCC2. The molecule has 4 nitrogen and oxygen atoms in total. The Morgan fingerprint density at radius 1 is 1.06 bits per heavy atom. The Hall–Kier alpha value is -3.29. The third-order valence-corrected chi connectivity index (χ3v) is 7.70.